The first-order chi connectivity index (χ1) is 8.18. The fourth-order valence-corrected chi connectivity index (χ4v) is 4.86. The second-order valence-electron chi connectivity index (χ2n) is 6.23. The van der Waals surface area contributed by atoms with E-state index in [0.29, 0.717) is 0 Å². The van der Waals surface area contributed by atoms with Gasteiger partial charge in [-0.3, -0.25) is 10.9 Å². The van der Waals surface area contributed by atoms with E-state index in [1.165, 1.54) is 17.9 Å². The smallest absolute Gasteiger partial charge is 0.379 e. The minimum absolute atomic E-state index is 0. The van der Waals surface area contributed by atoms with Crippen molar-refractivity contribution in [1.82, 2.24) is 4.98 Å². The van der Waals surface area contributed by atoms with Gasteiger partial charge in [-0.25, -0.2) is 5.20 Å². The number of carbonyl (C=O) groups excluding carboxylic acids is 1. The summed E-state index contributed by atoms with van der Waals surface area (Å²) in [5, 5.41) is 1.24. The van der Waals surface area contributed by atoms with E-state index in [0.717, 1.165) is 6.42 Å². The molecule has 5 heteroatoms. The van der Waals surface area contributed by atoms with Crippen molar-refractivity contribution >= 4 is 14.1 Å². The predicted octanol–water partition coefficient (Wildman–Crippen LogP) is 3.50. The molecule has 0 aromatic carbocycles. The van der Waals surface area contributed by atoms with Crippen LogP contribution in [0.25, 0.3) is 0 Å². The van der Waals surface area contributed by atoms with Crippen LogP contribution in [0, 0.1) is 26.3 Å². The number of methoxy groups -OCH3 is 1. The summed E-state index contributed by atoms with van der Waals surface area (Å²) in [5.74, 6) is -0.0383. The van der Waals surface area contributed by atoms with Crippen molar-refractivity contribution in [1.29, 1.82) is 0 Å². The molecular formula is C16H30NO2SiTi. The van der Waals surface area contributed by atoms with Gasteiger partial charge in [-0.2, -0.15) is 11.6 Å². The Morgan fingerprint density at radius 1 is 1.38 bits per heavy atom. The number of hydrogen-bond acceptors (Lipinski definition) is 2. The van der Waals surface area contributed by atoms with E-state index < -0.39 is 8.24 Å². The molecule has 0 aromatic rings. The van der Waals surface area contributed by atoms with Crippen molar-refractivity contribution in [2.75, 3.05) is 13.7 Å². The second kappa shape index (κ2) is 9.78. The molecule has 1 N–H and O–H groups in total. The minimum atomic E-state index is -1.99. The van der Waals surface area contributed by atoms with Crippen LogP contribution in [-0.2, 0) is 31.2 Å². The first-order valence-electron chi connectivity index (χ1n) is 6.31. The molecule has 0 aliphatic heterocycles. The van der Waals surface area contributed by atoms with Gasteiger partial charge < -0.3 is 24.6 Å². The molecule has 0 atom stereocenters. The Kier molecular flexibility index (Phi) is 12.0. The number of rotatable bonds is 4. The molecule has 1 rings (SSSR count). The number of amides is 1. The van der Waals surface area contributed by atoms with Crippen LogP contribution in [0.4, 0.5) is 0 Å². The Labute approximate surface area is 147 Å². The van der Waals surface area contributed by atoms with Gasteiger partial charge >= 0.3 is 21.7 Å². The number of ether oxygens (including phenoxy) is 1. The van der Waals surface area contributed by atoms with Crippen molar-refractivity contribution in [2.24, 2.45) is 5.41 Å². The van der Waals surface area contributed by atoms with E-state index in [9.17, 15) is 4.79 Å². The third-order valence-corrected chi connectivity index (χ3v) is 5.61. The molecule has 21 heavy (non-hydrogen) atoms. The molecule has 0 saturated carbocycles. The Balaban J connectivity index is -0.00000108. The normalized spacial score (nSPS) is 14.0. The summed E-state index contributed by atoms with van der Waals surface area (Å²) >= 11 is 0. The molecule has 1 aliphatic carbocycles. The molecule has 0 unspecified atom stereocenters. The molecule has 0 fully saturated rings. The molecule has 1 radical (unpaired) electrons. The zero-order valence-electron chi connectivity index (χ0n) is 14.8. The van der Waals surface area contributed by atoms with Gasteiger partial charge in [-0.15, -0.1) is 6.42 Å². The Hall–Kier alpha value is -0.159. The van der Waals surface area contributed by atoms with Crippen LogP contribution < -0.4 is 4.98 Å². The van der Waals surface area contributed by atoms with E-state index in [-0.39, 0.29) is 54.5 Å². The SMILES string of the molecule is COCC(=O)N[Si](C)(C)C1=[C-]CC=C1C(C)(C)C.[CH3-].[CH3-].[Ti+3]. The zero-order chi connectivity index (χ0) is 14.0. The number of allylic oxidation sites excluding steroid dienone is 4. The molecule has 0 spiro atoms. The van der Waals surface area contributed by atoms with Crippen molar-refractivity contribution < 1.29 is 31.2 Å². The monoisotopic (exact) mass is 344 g/mol. The topological polar surface area (TPSA) is 38.3 Å². The summed E-state index contributed by atoms with van der Waals surface area (Å²) in [6, 6.07) is 0. The average Bonchev–Trinajstić information content (AvgIpc) is 2.64. The van der Waals surface area contributed by atoms with E-state index in [1.807, 2.05) is 0 Å². The maximum absolute atomic E-state index is 11.7. The first-order valence-corrected chi connectivity index (χ1v) is 9.31. The van der Waals surface area contributed by atoms with Gasteiger partial charge in [0.05, 0.1) is 0 Å². The summed E-state index contributed by atoms with van der Waals surface area (Å²) in [7, 11) is -0.448. The van der Waals surface area contributed by atoms with Crippen LogP contribution in [0.5, 0.6) is 0 Å². The molecule has 1 aliphatic rings. The number of nitrogens with one attached hydrogen (secondary N) is 1. The van der Waals surface area contributed by atoms with Gasteiger partial charge in [0.2, 0.25) is 5.91 Å². The number of hydrogen-bond donors (Lipinski definition) is 1. The van der Waals surface area contributed by atoms with Crippen LogP contribution in [0.2, 0.25) is 13.1 Å². The van der Waals surface area contributed by atoms with Crippen LogP contribution in [0.1, 0.15) is 27.2 Å². The second-order valence-corrected chi connectivity index (χ2v) is 10.2. The van der Waals surface area contributed by atoms with Gasteiger partial charge in [0.15, 0.2) is 0 Å². The third kappa shape index (κ3) is 7.09. The quantitative estimate of drug-likeness (QED) is 0.626. The summed E-state index contributed by atoms with van der Waals surface area (Å²) in [4.78, 5) is 14.8. The average molecular weight is 344 g/mol. The minimum Gasteiger partial charge on any atom is -0.379 e. The third-order valence-electron chi connectivity index (χ3n) is 3.01. The maximum atomic E-state index is 11.7. The molecule has 0 heterocycles. The Morgan fingerprint density at radius 2 is 1.90 bits per heavy atom. The van der Waals surface area contributed by atoms with Crippen molar-refractivity contribution in [3.05, 3.63) is 37.8 Å². The first kappa shape index (κ1) is 25.8. The van der Waals surface area contributed by atoms with E-state index in [4.69, 9.17) is 4.74 Å². The van der Waals surface area contributed by atoms with Crippen LogP contribution in [0.15, 0.2) is 16.8 Å². The van der Waals surface area contributed by atoms with Crippen molar-refractivity contribution in [2.45, 2.75) is 40.3 Å². The van der Waals surface area contributed by atoms with Crippen molar-refractivity contribution in [3.8, 4) is 0 Å². The molecule has 0 aromatic heterocycles. The summed E-state index contributed by atoms with van der Waals surface area (Å²) < 4.78 is 4.87. The summed E-state index contributed by atoms with van der Waals surface area (Å²) in [6.07, 6.45) is 6.52. The maximum Gasteiger partial charge on any atom is 3.00 e. The predicted molar refractivity (Wildman–Crippen MR) is 89.2 cm³/mol. The largest absolute Gasteiger partial charge is 3.00 e. The summed E-state index contributed by atoms with van der Waals surface area (Å²) in [6.45, 7) is 11.0. The van der Waals surface area contributed by atoms with Gasteiger partial charge in [-0.1, -0.05) is 26.2 Å². The number of carbonyl (C=O) groups is 1. The molecule has 0 bridgehead atoms. The Bertz CT molecular complexity index is 396. The van der Waals surface area contributed by atoms with Gasteiger partial charge in [0.25, 0.3) is 0 Å². The standard InChI is InChI=1S/C14H24NO2Si.2CH3.Ti/c1-14(2,3)11-8-7-9-12(11)18(5,6)15-13(16)10-17-4;;;/h8H,7,10H2,1-6H3,(H,15,16);2*1H3;/q3*-1;+3. The van der Waals surface area contributed by atoms with Gasteiger partial charge in [0.1, 0.15) is 14.8 Å². The molecule has 0 saturated heterocycles. The van der Waals surface area contributed by atoms with E-state index >= 15 is 0 Å². The summed E-state index contributed by atoms with van der Waals surface area (Å²) in [5.41, 5.74) is 1.44. The molecule has 3 nitrogen and oxygen atoms in total. The van der Waals surface area contributed by atoms with Crippen LogP contribution in [-0.4, -0.2) is 27.9 Å². The van der Waals surface area contributed by atoms with Crippen LogP contribution in [0.3, 0.4) is 0 Å². The molecule has 1 amide bonds. The van der Waals surface area contributed by atoms with E-state index in [1.54, 1.807) is 0 Å². The zero-order valence-corrected chi connectivity index (χ0v) is 17.4. The molecule has 119 valence electrons. The fourth-order valence-electron chi connectivity index (χ4n) is 2.27. The van der Waals surface area contributed by atoms with E-state index in [2.05, 4.69) is 51.0 Å². The van der Waals surface area contributed by atoms with Crippen LogP contribution >= 0.6 is 0 Å². The van der Waals surface area contributed by atoms with Crippen molar-refractivity contribution in [3.63, 3.8) is 0 Å². The Morgan fingerprint density at radius 3 is 2.33 bits per heavy atom. The van der Waals surface area contributed by atoms with Gasteiger partial charge in [-0.05, 0) is 13.1 Å². The molecular weight excluding hydrogens is 314 g/mol. The fraction of sp³-hybridized carbons (Fsp3) is 0.562. The van der Waals surface area contributed by atoms with Gasteiger partial charge in [0, 0.05) is 7.11 Å².